The molecule has 2 aromatic carbocycles. The minimum atomic E-state index is -0.364. The molecule has 1 aromatic heterocycles. The third-order valence-corrected chi connectivity index (χ3v) is 4.56. The molecule has 3 aromatic rings. The Bertz CT molecular complexity index is 1110. The van der Waals surface area contributed by atoms with Crippen LogP contribution >= 0.6 is 15.9 Å². The predicted octanol–water partition coefficient (Wildman–Crippen LogP) is 4.90. The van der Waals surface area contributed by atoms with E-state index in [9.17, 15) is 4.79 Å². The van der Waals surface area contributed by atoms with Crippen LogP contribution in [-0.4, -0.2) is 22.5 Å². The van der Waals surface area contributed by atoms with E-state index in [0.717, 1.165) is 10.0 Å². The van der Waals surface area contributed by atoms with E-state index in [4.69, 9.17) is 9.72 Å². The second-order valence-corrected chi connectivity index (χ2v) is 8.26. The van der Waals surface area contributed by atoms with Gasteiger partial charge in [0.15, 0.2) is 0 Å². The second kappa shape index (κ2) is 8.10. The van der Waals surface area contributed by atoms with Crippen LogP contribution in [0.4, 0.5) is 0 Å². The zero-order valence-corrected chi connectivity index (χ0v) is 17.7. The molecule has 6 heteroatoms. The molecule has 0 atom stereocenters. The number of halogens is 1. The van der Waals surface area contributed by atoms with Crippen LogP contribution in [0.3, 0.4) is 0 Å². The molecule has 28 heavy (non-hydrogen) atoms. The summed E-state index contributed by atoms with van der Waals surface area (Å²) in [6.45, 7) is 10.1. The fourth-order valence-electron chi connectivity index (χ4n) is 2.73. The van der Waals surface area contributed by atoms with E-state index < -0.39 is 0 Å². The highest BCUT2D eigenvalue weighted by atomic mass is 79.9. The lowest BCUT2D eigenvalue weighted by atomic mass is 9.95. The van der Waals surface area contributed by atoms with Gasteiger partial charge in [0.2, 0.25) is 0 Å². The summed E-state index contributed by atoms with van der Waals surface area (Å²) in [5.41, 5.74) is 0.845. The molecule has 0 aliphatic carbocycles. The highest BCUT2D eigenvalue weighted by molar-refractivity contribution is 9.10. The molecule has 0 aliphatic heterocycles. The highest BCUT2D eigenvalue weighted by Crippen LogP contribution is 2.23. The molecule has 0 unspecified atom stereocenters. The summed E-state index contributed by atoms with van der Waals surface area (Å²) in [4.78, 5) is 17.9. The van der Waals surface area contributed by atoms with Gasteiger partial charge in [0, 0.05) is 15.5 Å². The Morgan fingerprint density at radius 2 is 2.00 bits per heavy atom. The summed E-state index contributed by atoms with van der Waals surface area (Å²) in [7, 11) is 0. The molecule has 0 radical (unpaired) electrons. The molecule has 0 amide bonds. The third kappa shape index (κ3) is 4.22. The fraction of sp³-hybridized carbons (Fsp3) is 0.227. The van der Waals surface area contributed by atoms with Gasteiger partial charge in [-0.1, -0.05) is 61.5 Å². The van der Waals surface area contributed by atoms with Crippen LogP contribution < -0.4 is 10.3 Å². The Kier molecular flexibility index (Phi) is 5.79. The van der Waals surface area contributed by atoms with Gasteiger partial charge in [0.05, 0.1) is 17.1 Å². The van der Waals surface area contributed by atoms with Crippen molar-refractivity contribution in [2.75, 3.05) is 6.61 Å². The summed E-state index contributed by atoms with van der Waals surface area (Å²) in [5, 5.41) is 5.00. The average Bonchev–Trinajstić information content (AvgIpc) is 2.65. The van der Waals surface area contributed by atoms with Crippen molar-refractivity contribution in [3.05, 3.63) is 81.3 Å². The summed E-state index contributed by atoms with van der Waals surface area (Å²) in [6.07, 6.45) is 3.31. The molecule has 3 rings (SSSR count). The molecule has 0 fully saturated rings. The largest absolute Gasteiger partial charge is 0.489 e. The molecule has 0 N–H and O–H groups in total. The molecule has 0 spiro atoms. The monoisotopic (exact) mass is 439 g/mol. The number of benzene rings is 2. The lowest BCUT2D eigenvalue weighted by Gasteiger charge is -2.21. The van der Waals surface area contributed by atoms with Crippen LogP contribution in [0, 0.1) is 0 Å². The summed E-state index contributed by atoms with van der Waals surface area (Å²) < 4.78 is 7.86. The Morgan fingerprint density at radius 3 is 2.71 bits per heavy atom. The van der Waals surface area contributed by atoms with E-state index in [1.54, 1.807) is 18.4 Å². The molecular weight excluding hydrogens is 418 g/mol. The third-order valence-electron chi connectivity index (χ3n) is 4.07. The number of hydrogen-bond donors (Lipinski definition) is 0. The smallest absolute Gasteiger partial charge is 0.282 e. The second-order valence-electron chi connectivity index (χ2n) is 7.35. The van der Waals surface area contributed by atoms with E-state index in [1.807, 2.05) is 57.2 Å². The molecule has 144 valence electrons. The predicted molar refractivity (Wildman–Crippen MR) is 118 cm³/mol. The molecule has 0 saturated carbocycles. The minimum Gasteiger partial charge on any atom is -0.489 e. The van der Waals surface area contributed by atoms with Crippen molar-refractivity contribution >= 4 is 33.0 Å². The van der Waals surface area contributed by atoms with Gasteiger partial charge in [-0.2, -0.15) is 9.78 Å². The summed E-state index contributed by atoms with van der Waals surface area (Å²) >= 11 is 3.42. The number of rotatable bonds is 5. The molecule has 5 nitrogen and oxygen atoms in total. The number of hydrogen-bond acceptors (Lipinski definition) is 4. The van der Waals surface area contributed by atoms with E-state index >= 15 is 0 Å². The van der Waals surface area contributed by atoms with Crippen LogP contribution in [0.5, 0.6) is 5.75 Å². The summed E-state index contributed by atoms with van der Waals surface area (Å²) in [5.74, 6) is 1.26. The van der Waals surface area contributed by atoms with Crippen molar-refractivity contribution in [2.45, 2.75) is 26.2 Å². The first kappa shape index (κ1) is 20.0. The molecule has 0 aliphatic rings. The maximum atomic E-state index is 13.2. The number of para-hydroxylation sites is 1. The van der Waals surface area contributed by atoms with Gasteiger partial charge < -0.3 is 4.74 Å². The maximum absolute atomic E-state index is 13.2. The van der Waals surface area contributed by atoms with Crippen molar-refractivity contribution in [2.24, 2.45) is 5.10 Å². The minimum absolute atomic E-state index is 0.211. The van der Waals surface area contributed by atoms with Gasteiger partial charge in [-0.15, -0.1) is 0 Å². The van der Waals surface area contributed by atoms with Gasteiger partial charge in [-0.05, 0) is 30.3 Å². The number of fused-ring (bicyclic) bond motifs is 1. The van der Waals surface area contributed by atoms with Crippen LogP contribution in [-0.2, 0) is 5.41 Å². The number of aromatic nitrogens is 2. The van der Waals surface area contributed by atoms with Crippen LogP contribution in [0.15, 0.2) is 69.5 Å². The molecule has 0 saturated heterocycles. The van der Waals surface area contributed by atoms with Gasteiger partial charge in [-0.25, -0.2) is 4.98 Å². The lowest BCUT2D eigenvalue weighted by molar-refractivity contribution is 0.362. The van der Waals surface area contributed by atoms with Crippen molar-refractivity contribution in [1.82, 2.24) is 9.66 Å². The average molecular weight is 440 g/mol. The molecular formula is C22H22BrN3O2. The zero-order chi connectivity index (χ0) is 20.3. The zero-order valence-electron chi connectivity index (χ0n) is 16.1. The van der Waals surface area contributed by atoms with E-state index in [1.165, 1.54) is 4.68 Å². The standard InChI is InChI=1S/C22H22BrN3O2/c1-5-12-28-19-9-7-6-8-15(19)14-24-26-20(27)17-13-16(23)10-11-18(17)25-21(26)22(2,3)4/h5-11,13-14H,1,12H2,2-4H3. The van der Waals surface area contributed by atoms with E-state index in [2.05, 4.69) is 27.6 Å². The lowest BCUT2D eigenvalue weighted by Crippen LogP contribution is -2.29. The van der Waals surface area contributed by atoms with Crippen LogP contribution in [0.1, 0.15) is 32.2 Å². The highest BCUT2D eigenvalue weighted by Gasteiger charge is 2.22. The van der Waals surface area contributed by atoms with Gasteiger partial charge in [0.25, 0.3) is 5.56 Å². The first-order valence-electron chi connectivity index (χ1n) is 8.91. The van der Waals surface area contributed by atoms with Crippen molar-refractivity contribution in [1.29, 1.82) is 0 Å². The Balaban J connectivity index is 2.17. The Morgan fingerprint density at radius 1 is 1.25 bits per heavy atom. The Hall–Kier alpha value is -2.73. The summed E-state index contributed by atoms with van der Waals surface area (Å²) in [6, 6.07) is 13.0. The van der Waals surface area contributed by atoms with E-state index in [-0.39, 0.29) is 11.0 Å². The number of nitrogens with zero attached hydrogens (tertiary/aromatic N) is 3. The van der Waals surface area contributed by atoms with E-state index in [0.29, 0.717) is 29.1 Å². The SMILES string of the molecule is C=CCOc1ccccc1C=Nn1c(C(C)(C)C)nc2ccc(Br)cc2c1=O. The molecule has 0 bridgehead atoms. The van der Waals surface area contributed by atoms with Crippen molar-refractivity contribution in [3.8, 4) is 5.75 Å². The Labute approximate surface area is 172 Å². The van der Waals surface area contributed by atoms with Crippen LogP contribution in [0.2, 0.25) is 0 Å². The van der Waals surface area contributed by atoms with Gasteiger partial charge >= 0.3 is 0 Å². The normalized spacial score (nSPS) is 11.9. The molecule has 1 heterocycles. The van der Waals surface area contributed by atoms with Crippen LogP contribution in [0.25, 0.3) is 10.9 Å². The maximum Gasteiger partial charge on any atom is 0.282 e. The van der Waals surface area contributed by atoms with Crippen molar-refractivity contribution < 1.29 is 4.74 Å². The number of ether oxygens (including phenoxy) is 1. The first-order chi connectivity index (χ1) is 13.3. The topological polar surface area (TPSA) is 56.5 Å². The first-order valence-corrected chi connectivity index (χ1v) is 9.70. The van der Waals surface area contributed by atoms with Crippen molar-refractivity contribution in [3.63, 3.8) is 0 Å². The quantitative estimate of drug-likeness (QED) is 0.419. The fourth-order valence-corrected chi connectivity index (χ4v) is 3.09. The van der Waals surface area contributed by atoms with Gasteiger partial charge in [0.1, 0.15) is 18.2 Å². The van der Waals surface area contributed by atoms with Gasteiger partial charge in [-0.3, -0.25) is 4.79 Å².